The highest BCUT2D eigenvalue weighted by molar-refractivity contribution is 7.16. The second-order valence-electron chi connectivity index (χ2n) is 4.53. The number of hydrogen-bond acceptors (Lipinski definition) is 6. The Labute approximate surface area is 109 Å². The van der Waals surface area contributed by atoms with Gasteiger partial charge in [0.05, 0.1) is 0 Å². The van der Waals surface area contributed by atoms with E-state index >= 15 is 0 Å². The van der Waals surface area contributed by atoms with E-state index in [2.05, 4.69) is 15.3 Å². The van der Waals surface area contributed by atoms with Gasteiger partial charge in [0, 0.05) is 25.6 Å². The normalized spacial score (nSPS) is 17.6. The molecule has 0 atom stereocenters. The molecule has 0 aliphatic carbocycles. The van der Waals surface area contributed by atoms with E-state index in [1.54, 1.807) is 11.3 Å². The molecule has 2 aromatic rings. The zero-order valence-corrected chi connectivity index (χ0v) is 11.0. The van der Waals surface area contributed by atoms with Gasteiger partial charge in [-0.1, -0.05) is 11.3 Å². The summed E-state index contributed by atoms with van der Waals surface area (Å²) in [6.45, 7) is 2.32. The number of nitrogens with zero attached hydrogens (tertiary/aromatic N) is 4. The van der Waals surface area contributed by atoms with E-state index in [0.29, 0.717) is 12.5 Å². The molecular weight excluding hydrogens is 250 g/mol. The molecule has 0 radical (unpaired) electrons. The van der Waals surface area contributed by atoms with Crippen molar-refractivity contribution in [3.05, 3.63) is 10.8 Å². The van der Waals surface area contributed by atoms with Gasteiger partial charge in [-0.25, -0.2) is 0 Å². The predicted octanol–water partition coefficient (Wildman–Crippen LogP) is 0.971. The summed E-state index contributed by atoms with van der Waals surface area (Å²) >= 11 is 1.61. The summed E-state index contributed by atoms with van der Waals surface area (Å²) in [7, 11) is 0. The second-order valence-corrected chi connectivity index (χ2v) is 5.57. The van der Waals surface area contributed by atoms with E-state index in [-0.39, 0.29) is 0 Å². The van der Waals surface area contributed by atoms with Gasteiger partial charge in [-0.15, -0.1) is 10.2 Å². The van der Waals surface area contributed by atoms with Crippen LogP contribution in [0, 0.1) is 0 Å². The largest absolute Gasteiger partial charge is 0.381 e. The zero-order valence-electron chi connectivity index (χ0n) is 10.2. The Morgan fingerprint density at radius 3 is 2.94 bits per heavy atom. The number of nitrogens with two attached hydrogens (primary N) is 1. The van der Waals surface area contributed by atoms with E-state index in [9.17, 15) is 0 Å². The average molecular weight is 267 g/mol. The average Bonchev–Trinajstić information content (AvgIpc) is 2.96. The van der Waals surface area contributed by atoms with E-state index in [4.69, 9.17) is 10.5 Å². The lowest BCUT2D eigenvalue weighted by Crippen LogP contribution is -2.16. The van der Waals surface area contributed by atoms with Gasteiger partial charge >= 0.3 is 0 Å². The minimum absolute atomic E-state index is 0.429. The number of fused-ring (bicyclic) bond motifs is 1. The molecule has 0 amide bonds. The first-order valence-electron chi connectivity index (χ1n) is 6.37. The van der Waals surface area contributed by atoms with Crippen LogP contribution < -0.4 is 5.73 Å². The molecule has 2 N–H and O–H groups in total. The third kappa shape index (κ3) is 2.25. The van der Waals surface area contributed by atoms with Crippen LogP contribution in [0.5, 0.6) is 0 Å². The van der Waals surface area contributed by atoms with E-state index in [0.717, 1.165) is 54.7 Å². The van der Waals surface area contributed by atoms with Crippen molar-refractivity contribution >= 4 is 16.3 Å². The summed E-state index contributed by atoms with van der Waals surface area (Å²) in [5.74, 6) is 1.42. The molecular formula is C11H17N5OS. The first-order valence-corrected chi connectivity index (χ1v) is 7.19. The van der Waals surface area contributed by atoms with Crippen LogP contribution in [-0.4, -0.2) is 39.6 Å². The summed E-state index contributed by atoms with van der Waals surface area (Å²) in [6, 6.07) is 0. The van der Waals surface area contributed by atoms with Gasteiger partial charge in [-0.3, -0.25) is 0 Å². The van der Waals surface area contributed by atoms with Crippen LogP contribution in [0.3, 0.4) is 0 Å². The third-order valence-corrected chi connectivity index (χ3v) is 4.20. The molecule has 0 aromatic carbocycles. The number of aromatic nitrogens is 4. The smallest absolute Gasteiger partial charge is 0.234 e. The molecule has 0 bridgehead atoms. The van der Waals surface area contributed by atoms with Crippen molar-refractivity contribution in [2.24, 2.45) is 5.73 Å². The predicted molar refractivity (Wildman–Crippen MR) is 68.8 cm³/mol. The molecule has 7 heteroatoms. The Bertz CT molecular complexity index is 516. The maximum Gasteiger partial charge on any atom is 0.234 e. The molecule has 0 spiro atoms. The lowest BCUT2D eigenvalue weighted by molar-refractivity contribution is 0.0831. The topological polar surface area (TPSA) is 78.3 Å². The molecule has 1 saturated heterocycles. The maximum atomic E-state index is 5.52. The molecule has 1 fully saturated rings. The Morgan fingerprint density at radius 2 is 2.17 bits per heavy atom. The van der Waals surface area contributed by atoms with Crippen LogP contribution in [0.15, 0.2) is 0 Å². The third-order valence-electron chi connectivity index (χ3n) is 3.24. The molecule has 3 heterocycles. The van der Waals surface area contributed by atoms with Crippen LogP contribution in [-0.2, 0) is 11.2 Å². The highest BCUT2D eigenvalue weighted by Gasteiger charge is 2.23. The molecule has 0 saturated carbocycles. The molecule has 98 valence electrons. The van der Waals surface area contributed by atoms with Gasteiger partial charge in [0.1, 0.15) is 5.01 Å². The second kappa shape index (κ2) is 5.29. The van der Waals surface area contributed by atoms with Crippen molar-refractivity contribution in [3.8, 4) is 0 Å². The Kier molecular flexibility index (Phi) is 3.53. The Morgan fingerprint density at radius 1 is 1.33 bits per heavy atom. The van der Waals surface area contributed by atoms with Gasteiger partial charge in [0.15, 0.2) is 5.82 Å². The fraction of sp³-hybridized carbons (Fsp3) is 0.727. The van der Waals surface area contributed by atoms with Crippen LogP contribution in [0.2, 0.25) is 0 Å². The first kappa shape index (κ1) is 12.0. The SMILES string of the molecule is NCCCc1nn2c(C3CCOCC3)nnc2s1. The Hall–Kier alpha value is -1.05. The van der Waals surface area contributed by atoms with Gasteiger partial charge in [0.25, 0.3) is 0 Å². The molecule has 18 heavy (non-hydrogen) atoms. The summed E-state index contributed by atoms with van der Waals surface area (Å²) in [4.78, 5) is 0.892. The van der Waals surface area contributed by atoms with Crippen LogP contribution in [0.4, 0.5) is 0 Å². The van der Waals surface area contributed by atoms with E-state index < -0.39 is 0 Å². The highest BCUT2D eigenvalue weighted by atomic mass is 32.1. The first-order chi connectivity index (χ1) is 8.88. The van der Waals surface area contributed by atoms with Crippen molar-refractivity contribution in [2.75, 3.05) is 19.8 Å². The molecule has 6 nitrogen and oxygen atoms in total. The van der Waals surface area contributed by atoms with E-state index in [1.165, 1.54) is 0 Å². The molecule has 3 rings (SSSR count). The monoisotopic (exact) mass is 267 g/mol. The minimum atomic E-state index is 0.429. The fourth-order valence-electron chi connectivity index (χ4n) is 2.24. The summed E-state index contributed by atoms with van der Waals surface area (Å²) in [6.07, 6.45) is 3.92. The van der Waals surface area contributed by atoms with Crippen molar-refractivity contribution in [1.82, 2.24) is 19.8 Å². The van der Waals surface area contributed by atoms with Crippen LogP contribution >= 0.6 is 11.3 Å². The van der Waals surface area contributed by atoms with Crippen molar-refractivity contribution < 1.29 is 4.74 Å². The van der Waals surface area contributed by atoms with Crippen molar-refractivity contribution in [2.45, 2.75) is 31.6 Å². The van der Waals surface area contributed by atoms with Crippen LogP contribution in [0.1, 0.15) is 36.0 Å². The minimum Gasteiger partial charge on any atom is -0.381 e. The highest BCUT2D eigenvalue weighted by Crippen LogP contribution is 2.27. The lowest BCUT2D eigenvalue weighted by atomic mass is 10.00. The molecule has 2 aromatic heterocycles. The zero-order chi connectivity index (χ0) is 12.4. The van der Waals surface area contributed by atoms with Gasteiger partial charge in [-0.05, 0) is 25.8 Å². The van der Waals surface area contributed by atoms with Crippen LogP contribution in [0.25, 0.3) is 4.96 Å². The maximum absolute atomic E-state index is 5.52. The number of ether oxygens (including phenoxy) is 1. The number of hydrogen-bond donors (Lipinski definition) is 1. The van der Waals surface area contributed by atoms with Gasteiger partial charge in [0.2, 0.25) is 4.96 Å². The summed E-state index contributed by atoms with van der Waals surface area (Å²) in [5.41, 5.74) is 5.52. The fourth-order valence-corrected chi connectivity index (χ4v) is 3.12. The summed E-state index contributed by atoms with van der Waals surface area (Å²) in [5, 5.41) is 14.2. The molecule has 1 aliphatic heterocycles. The molecule has 1 aliphatic rings. The quantitative estimate of drug-likeness (QED) is 0.893. The lowest BCUT2D eigenvalue weighted by Gasteiger charge is -2.19. The van der Waals surface area contributed by atoms with Gasteiger partial charge < -0.3 is 10.5 Å². The Balaban J connectivity index is 1.85. The number of rotatable bonds is 4. The molecule has 0 unspecified atom stereocenters. The number of aryl methyl sites for hydroxylation is 1. The van der Waals surface area contributed by atoms with Gasteiger partial charge in [-0.2, -0.15) is 9.61 Å². The summed E-state index contributed by atoms with van der Waals surface area (Å²) < 4.78 is 7.29. The van der Waals surface area contributed by atoms with Crippen molar-refractivity contribution in [3.63, 3.8) is 0 Å². The van der Waals surface area contributed by atoms with E-state index in [1.807, 2.05) is 4.52 Å². The van der Waals surface area contributed by atoms with Crippen molar-refractivity contribution in [1.29, 1.82) is 0 Å². The standard InChI is InChI=1S/C11H17N5OS/c12-5-1-2-9-15-16-10(13-14-11(16)18-9)8-3-6-17-7-4-8/h8H,1-7,12H2.